The second-order valence-electron chi connectivity index (χ2n) is 3.52. The van der Waals surface area contributed by atoms with Crippen molar-refractivity contribution in [2.45, 2.75) is 37.6 Å². The lowest BCUT2D eigenvalue weighted by atomic mass is 9.99. The second-order valence-corrected chi connectivity index (χ2v) is 3.52. The molecule has 1 saturated heterocycles. The number of aliphatic hydroxyl groups is 3. The van der Waals surface area contributed by atoms with E-state index in [0.717, 1.165) is 0 Å². The summed E-state index contributed by atoms with van der Waals surface area (Å²) in [4.78, 5) is 10.8. The molecule has 1 aliphatic rings. The maximum atomic E-state index is 10.8. The molecule has 0 saturated carbocycles. The number of ether oxygens (including phenoxy) is 3. The van der Waals surface area contributed by atoms with E-state index in [-0.39, 0.29) is 0 Å². The molecule has 94 valence electrons. The van der Waals surface area contributed by atoms with E-state index in [1.165, 1.54) is 14.0 Å². The first-order valence-electron chi connectivity index (χ1n) is 4.83. The zero-order valence-corrected chi connectivity index (χ0v) is 9.07. The van der Waals surface area contributed by atoms with Crippen LogP contribution in [0.2, 0.25) is 0 Å². The van der Waals surface area contributed by atoms with Gasteiger partial charge in [-0.25, -0.2) is 0 Å². The number of hydrogen-bond acceptors (Lipinski definition) is 7. The Labute approximate surface area is 92.5 Å². The Morgan fingerprint density at radius 1 is 1.38 bits per heavy atom. The molecule has 0 aromatic rings. The Morgan fingerprint density at radius 3 is 2.44 bits per heavy atom. The van der Waals surface area contributed by atoms with Gasteiger partial charge in [0, 0.05) is 14.0 Å². The van der Waals surface area contributed by atoms with Crippen molar-refractivity contribution in [2.24, 2.45) is 0 Å². The summed E-state index contributed by atoms with van der Waals surface area (Å²) in [5.74, 6) is -0.621. The van der Waals surface area contributed by atoms with Gasteiger partial charge >= 0.3 is 5.97 Å². The minimum absolute atomic E-state index is 0.467. The van der Waals surface area contributed by atoms with Crippen molar-refractivity contribution >= 4 is 5.97 Å². The molecule has 0 radical (unpaired) electrons. The van der Waals surface area contributed by atoms with Crippen molar-refractivity contribution in [3.05, 3.63) is 0 Å². The Morgan fingerprint density at radius 2 is 2.00 bits per heavy atom. The summed E-state index contributed by atoms with van der Waals surface area (Å²) in [7, 11) is 1.31. The smallest absolute Gasteiger partial charge is 0.303 e. The van der Waals surface area contributed by atoms with Crippen molar-refractivity contribution in [3.8, 4) is 0 Å². The second kappa shape index (κ2) is 5.55. The van der Waals surface area contributed by atoms with Crippen LogP contribution >= 0.6 is 0 Å². The standard InChI is InChI=1S/C9H16O7/c1-4(11)15-8-7(13)6(12)5(3-10)16-9(8)14-2/h5-10,12-13H,3H2,1-2H3/t5-,6-,7+,8-,9?/m1/s1. The fourth-order valence-electron chi connectivity index (χ4n) is 1.56. The van der Waals surface area contributed by atoms with E-state index >= 15 is 0 Å². The van der Waals surface area contributed by atoms with E-state index in [2.05, 4.69) is 0 Å². The van der Waals surface area contributed by atoms with Crippen LogP contribution in [-0.4, -0.2) is 65.7 Å². The fourth-order valence-corrected chi connectivity index (χ4v) is 1.56. The molecular weight excluding hydrogens is 220 g/mol. The van der Waals surface area contributed by atoms with Gasteiger partial charge in [0.2, 0.25) is 0 Å². The maximum Gasteiger partial charge on any atom is 0.303 e. The third-order valence-electron chi connectivity index (χ3n) is 2.36. The highest BCUT2D eigenvalue weighted by molar-refractivity contribution is 5.66. The van der Waals surface area contributed by atoms with Gasteiger partial charge in [-0.2, -0.15) is 0 Å². The van der Waals surface area contributed by atoms with Crippen molar-refractivity contribution in [2.75, 3.05) is 13.7 Å². The van der Waals surface area contributed by atoms with Crippen LogP contribution in [0.25, 0.3) is 0 Å². The first kappa shape index (κ1) is 13.3. The van der Waals surface area contributed by atoms with Crippen LogP contribution in [-0.2, 0) is 19.0 Å². The molecule has 7 heteroatoms. The van der Waals surface area contributed by atoms with Gasteiger partial charge in [0.05, 0.1) is 6.61 Å². The number of methoxy groups -OCH3 is 1. The zero-order valence-electron chi connectivity index (χ0n) is 9.07. The molecule has 0 aromatic carbocycles. The van der Waals surface area contributed by atoms with Crippen LogP contribution in [0.15, 0.2) is 0 Å². The Bertz CT molecular complexity index is 242. The molecular formula is C9H16O7. The number of esters is 1. The molecule has 16 heavy (non-hydrogen) atoms. The van der Waals surface area contributed by atoms with E-state index in [1.54, 1.807) is 0 Å². The summed E-state index contributed by atoms with van der Waals surface area (Å²) in [5.41, 5.74) is 0. The Balaban J connectivity index is 2.77. The quantitative estimate of drug-likeness (QED) is 0.487. The number of hydrogen-bond donors (Lipinski definition) is 3. The molecule has 7 nitrogen and oxygen atoms in total. The highest BCUT2D eigenvalue weighted by Gasteiger charge is 2.46. The Kier molecular flexibility index (Phi) is 4.63. The molecule has 0 aliphatic carbocycles. The number of aliphatic hydroxyl groups excluding tert-OH is 3. The lowest BCUT2D eigenvalue weighted by Gasteiger charge is -2.40. The normalized spacial score (nSPS) is 39.4. The van der Waals surface area contributed by atoms with Gasteiger partial charge in [-0.3, -0.25) is 4.79 Å². The number of carbonyl (C=O) groups is 1. The van der Waals surface area contributed by atoms with Gasteiger partial charge in [-0.1, -0.05) is 0 Å². The topological polar surface area (TPSA) is 105 Å². The van der Waals surface area contributed by atoms with Gasteiger partial charge in [0.15, 0.2) is 12.4 Å². The van der Waals surface area contributed by atoms with Crippen LogP contribution in [0, 0.1) is 0 Å². The largest absolute Gasteiger partial charge is 0.454 e. The average Bonchev–Trinajstić information content (AvgIpc) is 2.25. The van der Waals surface area contributed by atoms with Crippen molar-refractivity contribution in [3.63, 3.8) is 0 Å². The molecule has 0 bridgehead atoms. The van der Waals surface area contributed by atoms with E-state index in [0.29, 0.717) is 0 Å². The maximum absolute atomic E-state index is 10.8. The van der Waals surface area contributed by atoms with Crippen LogP contribution in [0.5, 0.6) is 0 Å². The third-order valence-corrected chi connectivity index (χ3v) is 2.36. The summed E-state index contributed by atoms with van der Waals surface area (Å²) in [6.07, 6.45) is -5.79. The van der Waals surface area contributed by atoms with Crippen molar-refractivity contribution in [1.29, 1.82) is 0 Å². The molecule has 0 aromatic heterocycles. The highest BCUT2D eigenvalue weighted by Crippen LogP contribution is 2.23. The third kappa shape index (κ3) is 2.69. The number of carbonyl (C=O) groups excluding carboxylic acids is 1. The zero-order chi connectivity index (χ0) is 12.3. The van der Waals surface area contributed by atoms with Crippen LogP contribution in [0.4, 0.5) is 0 Å². The molecule has 1 heterocycles. The SMILES string of the molecule is COC1O[C@H](CO)[C@@H](O)[C@H](O)[C@H]1OC(C)=O. The van der Waals surface area contributed by atoms with Crippen LogP contribution in [0.1, 0.15) is 6.92 Å². The van der Waals surface area contributed by atoms with Gasteiger partial charge in [-0.15, -0.1) is 0 Å². The summed E-state index contributed by atoms with van der Waals surface area (Å²) in [6, 6.07) is 0. The fraction of sp³-hybridized carbons (Fsp3) is 0.889. The molecule has 1 rings (SSSR count). The Hall–Kier alpha value is -0.730. The minimum Gasteiger partial charge on any atom is -0.454 e. The van der Waals surface area contributed by atoms with Crippen molar-refractivity contribution in [1.82, 2.24) is 0 Å². The average molecular weight is 236 g/mol. The summed E-state index contributed by atoms with van der Waals surface area (Å²) in [6.45, 7) is 0.703. The molecule has 0 amide bonds. The monoisotopic (exact) mass is 236 g/mol. The summed E-state index contributed by atoms with van der Waals surface area (Å²) < 4.78 is 14.8. The van der Waals surface area contributed by atoms with Crippen molar-refractivity contribution < 1.29 is 34.3 Å². The highest BCUT2D eigenvalue weighted by atomic mass is 16.7. The van der Waals surface area contributed by atoms with E-state index in [9.17, 15) is 15.0 Å². The van der Waals surface area contributed by atoms with E-state index in [4.69, 9.17) is 19.3 Å². The summed E-state index contributed by atoms with van der Waals surface area (Å²) >= 11 is 0. The molecule has 5 atom stereocenters. The summed E-state index contributed by atoms with van der Waals surface area (Å²) in [5, 5.41) is 28.1. The molecule has 1 aliphatic heterocycles. The molecule has 3 N–H and O–H groups in total. The van der Waals surface area contributed by atoms with Gasteiger partial charge in [-0.05, 0) is 0 Å². The van der Waals surface area contributed by atoms with Gasteiger partial charge in [0.25, 0.3) is 0 Å². The molecule has 1 fully saturated rings. The van der Waals surface area contributed by atoms with E-state index in [1.807, 2.05) is 0 Å². The first-order chi connectivity index (χ1) is 7.51. The predicted octanol–water partition coefficient (Wildman–Crippen LogP) is -2.00. The first-order valence-corrected chi connectivity index (χ1v) is 4.83. The van der Waals surface area contributed by atoms with Crippen LogP contribution in [0.3, 0.4) is 0 Å². The van der Waals surface area contributed by atoms with Gasteiger partial charge in [0.1, 0.15) is 18.3 Å². The van der Waals surface area contributed by atoms with Gasteiger partial charge < -0.3 is 29.5 Å². The van der Waals surface area contributed by atoms with E-state index < -0.39 is 43.3 Å². The predicted molar refractivity (Wildman–Crippen MR) is 50.3 cm³/mol. The minimum atomic E-state index is -1.36. The molecule has 0 spiro atoms. The lowest BCUT2D eigenvalue weighted by molar-refractivity contribution is -0.297. The van der Waals surface area contributed by atoms with Crippen LogP contribution < -0.4 is 0 Å². The number of rotatable bonds is 3. The lowest BCUT2D eigenvalue weighted by Crippen LogP contribution is -2.60. The molecule has 1 unspecified atom stereocenters.